The summed E-state index contributed by atoms with van der Waals surface area (Å²) in [7, 11) is 0. The lowest BCUT2D eigenvalue weighted by molar-refractivity contribution is -0.137. The fourth-order valence-corrected chi connectivity index (χ4v) is 1.71. The molecule has 0 unspecified atom stereocenters. The highest BCUT2D eigenvalue weighted by Crippen LogP contribution is 2.37. The lowest BCUT2D eigenvalue weighted by Gasteiger charge is -2.09. The number of nitrogen functional groups attached to an aromatic ring is 1. The highest BCUT2D eigenvalue weighted by Gasteiger charge is 2.33. The number of aromatic nitrogens is 2. The number of hydrogen-bond donors (Lipinski definition) is 2. The van der Waals surface area contributed by atoms with Crippen LogP contribution in [-0.4, -0.2) is 10.2 Å². The lowest BCUT2D eigenvalue weighted by Crippen LogP contribution is -2.05. The maximum Gasteiger partial charge on any atom is 0.417 e. The normalized spacial score (nSPS) is 11.8. The molecule has 0 fully saturated rings. The van der Waals surface area contributed by atoms with Gasteiger partial charge in [-0.1, -0.05) is 17.7 Å². The molecular weight excluding hydrogens is 255 g/mol. The van der Waals surface area contributed by atoms with E-state index in [1.807, 2.05) is 0 Å². The van der Waals surface area contributed by atoms with Crippen LogP contribution in [0.4, 0.5) is 18.9 Å². The molecule has 2 rings (SSSR count). The van der Waals surface area contributed by atoms with Gasteiger partial charge in [0.1, 0.15) is 0 Å². The zero-order valence-corrected chi connectivity index (χ0v) is 9.10. The van der Waals surface area contributed by atoms with Crippen molar-refractivity contribution in [1.82, 2.24) is 10.2 Å². The highest BCUT2D eigenvalue weighted by molar-refractivity contribution is 6.31. The van der Waals surface area contributed by atoms with Crippen LogP contribution in [0.15, 0.2) is 24.4 Å². The van der Waals surface area contributed by atoms with Gasteiger partial charge in [0.25, 0.3) is 0 Å². The third-order valence-corrected chi connectivity index (χ3v) is 2.54. The van der Waals surface area contributed by atoms with Crippen molar-refractivity contribution in [2.45, 2.75) is 6.18 Å². The third kappa shape index (κ3) is 2.21. The number of alkyl halides is 3. The summed E-state index contributed by atoms with van der Waals surface area (Å²) in [5.41, 5.74) is 5.96. The van der Waals surface area contributed by atoms with Crippen molar-refractivity contribution in [1.29, 1.82) is 0 Å². The average molecular weight is 262 g/mol. The van der Waals surface area contributed by atoms with Gasteiger partial charge in [-0.2, -0.15) is 18.3 Å². The van der Waals surface area contributed by atoms with Crippen LogP contribution in [0.5, 0.6) is 0 Å². The Bertz CT molecular complexity index is 548. The highest BCUT2D eigenvalue weighted by atomic mass is 35.5. The minimum absolute atomic E-state index is 0.348. The Morgan fingerprint density at radius 3 is 2.47 bits per heavy atom. The van der Waals surface area contributed by atoms with Gasteiger partial charge in [-0.25, -0.2) is 0 Å². The standard InChI is InChI=1S/C10H7ClF3N3/c11-7-3-5(9-8(15)4-16-17-9)1-2-6(7)10(12,13)14/h1-4H,15H2,(H,16,17). The smallest absolute Gasteiger partial charge is 0.396 e. The number of hydrogen-bond acceptors (Lipinski definition) is 2. The van der Waals surface area contributed by atoms with Crippen LogP contribution in [0.3, 0.4) is 0 Å². The van der Waals surface area contributed by atoms with Gasteiger partial charge in [0.2, 0.25) is 0 Å². The van der Waals surface area contributed by atoms with E-state index in [0.29, 0.717) is 16.9 Å². The number of aromatic amines is 1. The molecule has 0 aliphatic rings. The van der Waals surface area contributed by atoms with Crippen molar-refractivity contribution in [2.24, 2.45) is 0 Å². The molecule has 0 saturated carbocycles. The first-order valence-electron chi connectivity index (χ1n) is 4.55. The first kappa shape index (κ1) is 11.8. The fraction of sp³-hybridized carbons (Fsp3) is 0.100. The van der Waals surface area contributed by atoms with Crippen LogP contribution >= 0.6 is 11.6 Å². The van der Waals surface area contributed by atoms with Gasteiger partial charge in [0, 0.05) is 5.56 Å². The Morgan fingerprint density at radius 2 is 2.00 bits per heavy atom. The van der Waals surface area contributed by atoms with Crippen molar-refractivity contribution in [3.8, 4) is 11.3 Å². The molecule has 2 aromatic rings. The van der Waals surface area contributed by atoms with Crippen molar-refractivity contribution in [3.05, 3.63) is 35.0 Å². The quantitative estimate of drug-likeness (QED) is 0.827. The molecule has 0 aliphatic carbocycles. The van der Waals surface area contributed by atoms with E-state index in [2.05, 4.69) is 10.2 Å². The largest absolute Gasteiger partial charge is 0.417 e. The minimum atomic E-state index is -4.46. The van der Waals surface area contributed by atoms with Crippen LogP contribution in [0.1, 0.15) is 5.56 Å². The van der Waals surface area contributed by atoms with Crippen molar-refractivity contribution in [3.63, 3.8) is 0 Å². The molecule has 3 nitrogen and oxygen atoms in total. The van der Waals surface area contributed by atoms with Gasteiger partial charge in [-0.3, -0.25) is 5.10 Å². The first-order chi connectivity index (χ1) is 7.89. The summed E-state index contributed by atoms with van der Waals surface area (Å²) in [6.07, 6.45) is -3.09. The van der Waals surface area contributed by atoms with Crippen LogP contribution in [0, 0.1) is 0 Å². The van der Waals surface area contributed by atoms with E-state index >= 15 is 0 Å². The average Bonchev–Trinajstić information content (AvgIpc) is 2.62. The lowest BCUT2D eigenvalue weighted by atomic mass is 10.1. The maximum atomic E-state index is 12.5. The zero-order valence-electron chi connectivity index (χ0n) is 8.35. The second-order valence-electron chi connectivity index (χ2n) is 3.39. The molecule has 0 radical (unpaired) electrons. The Kier molecular flexibility index (Phi) is 2.74. The van der Waals surface area contributed by atoms with Crippen LogP contribution in [0.25, 0.3) is 11.3 Å². The summed E-state index contributed by atoms with van der Waals surface area (Å²) in [6, 6.07) is 3.41. The van der Waals surface area contributed by atoms with Crippen LogP contribution < -0.4 is 5.73 Å². The molecule has 0 aliphatic heterocycles. The van der Waals surface area contributed by atoms with Crippen LogP contribution in [0.2, 0.25) is 5.02 Å². The molecule has 3 N–H and O–H groups in total. The molecule has 0 saturated heterocycles. The Morgan fingerprint density at radius 1 is 1.29 bits per heavy atom. The van der Waals surface area contributed by atoms with Gasteiger partial charge in [-0.15, -0.1) is 0 Å². The summed E-state index contributed by atoms with van der Waals surface area (Å²) < 4.78 is 37.4. The van der Waals surface area contributed by atoms with Crippen molar-refractivity contribution >= 4 is 17.3 Å². The van der Waals surface area contributed by atoms with Crippen LogP contribution in [-0.2, 0) is 6.18 Å². The zero-order chi connectivity index (χ0) is 12.6. The molecule has 90 valence electrons. The van der Waals surface area contributed by atoms with E-state index in [1.54, 1.807) is 0 Å². The predicted molar refractivity (Wildman–Crippen MR) is 58.4 cm³/mol. The maximum absolute atomic E-state index is 12.5. The Balaban J connectivity index is 2.49. The van der Waals surface area contributed by atoms with Gasteiger partial charge in [0.15, 0.2) is 0 Å². The molecule has 1 heterocycles. The molecule has 0 bridgehead atoms. The Hall–Kier alpha value is -1.69. The molecule has 1 aromatic heterocycles. The molecule has 7 heteroatoms. The summed E-state index contributed by atoms with van der Waals surface area (Å²) in [6.45, 7) is 0. The summed E-state index contributed by atoms with van der Waals surface area (Å²) in [4.78, 5) is 0. The van der Waals surface area contributed by atoms with Crippen molar-refractivity contribution < 1.29 is 13.2 Å². The number of anilines is 1. The van der Waals surface area contributed by atoms with Gasteiger partial charge < -0.3 is 5.73 Å². The number of H-pyrrole nitrogens is 1. The monoisotopic (exact) mass is 261 g/mol. The molecule has 17 heavy (non-hydrogen) atoms. The Labute approximate surface area is 99.4 Å². The minimum Gasteiger partial charge on any atom is -0.396 e. The fourth-order valence-electron chi connectivity index (χ4n) is 1.43. The van der Waals surface area contributed by atoms with Gasteiger partial charge in [0.05, 0.1) is 28.2 Å². The topological polar surface area (TPSA) is 54.7 Å². The van der Waals surface area contributed by atoms with E-state index in [9.17, 15) is 13.2 Å². The van der Waals surface area contributed by atoms with Gasteiger partial charge in [-0.05, 0) is 12.1 Å². The number of nitrogens with one attached hydrogen (secondary N) is 1. The molecule has 0 amide bonds. The summed E-state index contributed by atoms with van der Waals surface area (Å²) in [5, 5.41) is 5.90. The van der Waals surface area contributed by atoms with E-state index < -0.39 is 11.7 Å². The third-order valence-electron chi connectivity index (χ3n) is 2.23. The molecule has 1 aromatic carbocycles. The van der Waals surface area contributed by atoms with Crippen molar-refractivity contribution in [2.75, 3.05) is 5.73 Å². The summed E-state index contributed by atoms with van der Waals surface area (Å²) >= 11 is 5.59. The number of nitrogens with zero attached hydrogens (tertiary/aromatic N) is 1. The number of halogens is 4. The SMILES string of the molecule is Nc1cn[nH]c1-c1ccc(C(F)(F)F)c(Cl)c1. The van der Waals surface area contributed by atoms with E-state index in [0.717, 1.165) is 6.07 Å². The number of rotatable bonds is 1. The number of benzene rings is 1. The summed E-state index contributed by atoms with van der Waals surface area (Å²) in [5.74, 6) is 0. The van der Waals surface area contributed by atoms with E-state index in [1.165, 1.54) is 18.3 Å². The second kappa shape index (κ2) is 3.96. The van der Waals surface area contributed by atoms with E-state index in [-0.39, 0.29) is 5.02 Å². The second-order valence-corrected chi connectivity index (χ2v) is 3.80. The van der Waals surface area contributed by atoms with Gasteiger partial charge >= 0.3 is 6.18 Å². The molecule has 0 spiro atoms. The predicted octanol–water partition coefficient (Wildman–Crippen LogP) is 3.33. The molecular formula is C10H7ClF3N3. The van der Waals surface area contributed by atoms with E-state index in [4.69, 9.17) is 17.3 Å². The number of nitrogens with two attached hydrogens (primary N) is 1. The first-order valence-corrected chi connectivity index (χ1v) is 4.93. The molecule has 0 atom stereocenters.